The van der Waals surface area contributed by atoms with E-state index < -0.39 is 23.2 Å². The molecule has 6 heteroatoms. The molecule has 0 rings (SSSR count). The van der Waals surface area contributed by atoms with E-state index in [1.807, 2.05) is 0 Å². The number of carbonyl (C=O) groups excluding carboxylic acids is 1. The van der Waals surface area contributed by atoms with Crippen LogP contribution in [0.25, 0.3) is 0 Å². The molecular weight excluding hydrogens is 130 g/mol. The number of hydrogen-bond donors (Lipinski definition) is 1. The van der Waals surface area contributed by atoms with Gasteiger partial charge < -0.3 is 5.11 Å². The summed E-state index contributed by atoms with van der Waals surface area (Å²) >= 11 is 0. The van der Waals surface area contributed by atoms with Gasteiger partial charge in [-0.05, 0) is 0 Å². The fourth-order valence-electron chi connectivity index (χ4n) is 0.194. The summed E-state index contributed by atoms with van der Waals surface area (Å²) in [7, 11) is 0. The SMILES string of the molecule is O=C(O)CC(=O)[N+](=O)[O-]. The molecule has 0 spiro atoms. The standard InChI is InChI=1S/C3H3NO5/c5-2(4(8)9)1-3(6)7/h1H2,(H,6,7). The van der Waals surface area contributed by atoms with Crippen LogP contribution < -0.4 is 0 Å². The highest BCUT2D eigenvalue weighted by Crippen LogP contribution is 1.82. The highest BCUT2D eigenvalue weighted by atomic mass is 16.6. The fraction of sp³-hybridized carbons (Fsp3) is 0.333. The third-order valence-corrected chi connectivity index (χ3v) is 0.506. The number of hydrogen-bond acceptors (Lipinski definition) is 4. The summed E-state index contributed by atoms with van der Waals surface area (Å²) in [6, 6.07) is 0. The summed E-state index contributed by atoms with van der Waals surface area (Å²) in [5.74, 6) is -2.99. The number of nitrogens with zero attached hydrogens (tertiary/aromatic N) is 1. The van der Waals surface area contributed by atoms with Crippen LogP contribution in [0.1, 0.15) is 6.42 Å². The summed E-state index contributed by atoms with van der Waals surface area (Å²) in [4.78, 5) is 27.6. The Kier molecular flexibility index (Phi) is 2.31. The average Bonchev–Trinajstić information content (AvgIpc) is 1.63. The van der Waals surface area contributed by atoms with Gasteiger partial charge in [0, 0.05) is 0 Å². The molecule has 9 heavy (non-hydrogen) atoms. The molecule has 0 aliphatic heterocycles. The minimum atomic E-state index is -1.50. The summed E-state index contributed by atoms with van der Waals surface area (Å²) in [6.45, 7) is 0. The van der Waals surface area contributed by atoms with E-state index in [0.29, 0.717) is 0 Å². The molecule has 0 saturated heterocycles. The molecular formula is C3H3NO5. The van der Waals surface area contributed by atoms with E-state index in [1.165, 1.54) is 0 Å². The zero-order chi connectivity index (χ0) is 7.44. The van der Waals surface area contributed by atoms with Crippen molar-refractivity contribution in [2.45, 2.75) is 6.42 Å². The molecule has 1 N–H and O–H groups in total. The van der Waals surface area contributed by atoms with Crippen LogP contribution in [0.15, 0.2) is 0 Å². The largest absolute Gasteiger partial charge is 0.481 e. The maximum absolute atomic E-state index is 9.87. The number of rotatable bonds is 2. The van der Waals surface area contributed by atoms with Gasteiger partial charge in [0.05, 0.1) is 0 Å². The number of amides is 1. The predicted octanol–water partition coefficient (Wildman–Crippen LogP) is -0.736. The van der Waals surface area contributed by atoms with Gasteiger partial charge in [0.2, 0.25) is 0 Å². The summed E-state index contributed by atoms with van der Waals surface area (Å²) in [5, 5.41) is 17.2. The lowest BCUT2D eigenvalue weighted by atomic mass is 10.4. The molecule has 0 aliphatic rings. The second-order valence-electron chi connectivity index (χ2n) is 1.22. The summed E-state index contributed by atoms with van der Waals surface area (Å²) in [6.07, 6.45) is -1.05. The summed E-state index contributed by atoms with van der Waals surface area (Å²) < 4.78 is 0. The molecule has 0 aromatic heterocycles. The van der Waals surface area contributed by atoms with Crippen LogP contribution in [0.5, 0.6) is 0 Å². The topological polar surface area (TPSA) is 97.5 Å². The van der Waals surface area contributed by atoms with E-state index >= 15 is 0 Å². The van der Waals surface area contributed by atoms with E-state index in [-0.39, 0.29) is 0 Å². The van der Waals surface area contributed by atoms with Crippen LogP contribution in [-0.4, -0.2) is 21.9 Å². The zero-order valence-electron chi connectivity index (χ0n) is 4.23. The first-order chi connectivity index (χ1) is 4.04. The molecule has 0 aromatic rings. The van der Waals surface area contributed by atoms with Gasteiger partial charge in [0.25, 0.3) is 0 Å². The molecule has 0 heterocycles. The average molecular weight is 133 g/mol. The van der Waals surface area contributed by atoms with Crippen molar-refractivity contribution in [2.75, 3.05) is 0 Å². The Balaban J connectivity index is 3.79. The third kappa shape index (κ3) is 3.15. The van der Waals surface area contributed by atoms with E-state index in [1.54, 1.807) is 0 Å². The Morgan fingerprint density at radius 1 is 1.56 bits per heavy atom. The van der Waals surface area contributed by atoms with Gasteiger partial charge in [0.15, 0.2) is 6.42 Å². The van der Waals surface area contributed by atoms with Gasteiger partial charge in [-0.3, -0.25) is 14.9 Å². The monoisotopic (exact) mass is 133 g/mol. The van der Waals surface area contributed by atoms with Gasteiger partial charge in [-0.2, -0.15) is 0 Å². The lowest BCUT2D eigenvalue weighted by Crippen LogP contribution is -2.15. The molecule has 0 radical (unpaired) electrons. The number of carboxylic acids is 1. The third-order valence-electron chi connectivity index (χ3n) is 0.506. The van der Waals surface area contributed by atoms with E-state index in [4.69, 9.17) is 5.11 Å². The quantitative estimate of drug-likeness (QED) is 0.304. The minimum Gasteiger partial charge on any atom is -0.481 e. The van der Waals surface area contributed by atoms with Crippen LogP contribution in [0.4, 0.5) is 0 Å². The van der Waals surface area contributed by atoms with Crippen molar-refractivity contribution in [1.82, 2.24) is 0 Å². The van der Waals surface area contributed by atoms with Gasteiger partial charge in [-0.1, -0.05) is 0 Å². The molecule has 0 aliphatic carbocycles. The Bertz CT molecular complexity index is 162. The maximum Gasteiger partial charge on any atom is 0.455 e. The van der Waals surface area contributed by atoms with Crippen molar-refractivity contribution in [3.05, 3.63) is 10.1 Å². The molecule has 1 amide bonds. The van der Waals surface area contributed by atoms with Gasteiger partial charge in [-0.25, -0.2) is 4.79 Å². The number of nitro groups is 1. The minimum absolute atomic E-state index is 1.05. The van der Waals surface area contributed by atoms with Crippen molar-refractivity contribution in [3.63, 3.8) is 0 Å². The molecule has 0 aromatic carbocycles. The van der Waals surface area contributed by atoms with E-state index in [2.05, 4.69) is 0 Å². The fourth-order valence-corrected chi connectivity index (χ4v) is 0.194. The Hall–Kier alpha value is -1.46. The lowest BCUT2D eigenvalue weighted by molar-refractivity contribution is -0.401. The molecule has 50 valence electrons. The van der Waals surface area contributed by atoms with E-state index in [0.717, 1.165) is 0 Å². The Labute approximate surface area is 49.2 Å². The van der Waals surface area contributed by atoms with Crippen molar-refractivity contribution in [3.8, 4) is 0 Å². The van der Waals surface area contributed by atoms with Crippen LogP contribution in [0.3, 0.4) is 0 Å². The summed E-state index contributed by atoms with van der Waals surface area (Å²) in [5.41, 5.74) is 0. The smallest absolute Gasteiger partial charge is 0.455 e. The van der Waals surface area contributed by atoms with Crippen LogP contribution >= 0.6 is 0 Å². The zero-order valence-corrected chi connectivity index (χ0v) is 4.23. The number of carbonyl (C=O) groups is 2. The molecule has 0 saturated carbocycles. The normalized spacial score (nSPS) is 8.44. The lowest BCUT2D eigenvalue weighted by Gasteiger charge is -1.82. The number of aliphatic carboxylic acids is 1. The highest BCUT2D eigenvalue weighted by molar-refractivity contribution is 5.88. The van der Waals surface area contributed by atoms with Crippen LogP contribution in [0, 0.1) is 10.1 Å². The first-order valence-electron chi connectivity index (χ1n) is 1.93. The number of carboxylic acid groups (broad SMARTS) is 1. The van der Waals surface area contributed by atoms with Gasteiger partial charge in [-0.15, -0.1) is 0 Å². The molecule has 6 nitrogen and oxygen atoms in total. The molecule has 0 bridgehead atoms. The van der Waals surface area contributed by atoms with Crippen molar-refractivity contribution >= 4 is 11.9 Å². The van der Waals surface area contributed by atoms with Crippen LogP contribution in [-0.2, 0) is 9.59 Å². The molecule has 0 atom stereocenters. The van der Waals surface area contributed by atoms with Crippen molar-refractivity contribution in [1.29, 1.82) is 0 Å². The van der Waals surface area contributed by atoms with Crippen LogP contribution in [0.2, 0.25) is 0 Å². The first kappa shape index (κ1) is 7.54. The predicted molar refractivity (Wildman–Crippen MR) is 24.3 cm³/mol. The first-order valence-corrected chi connectivity index (χ1v) is 1.93. The van der Waals surface area contributed by atoms with Gasteiger partial charge >= 0.3 is 11.9 Å². The second-order valence-corrected chi connectivity index (χ2v) is 1.22. The highest BCUT2D eigenvalue weighted by Gasteiger charge is 2.18. The molecule has 0 unspecified atom stereocenters. The molecule has 0 fully saturated rings. The Morgan fingerprint density at radius 2 is 2.00 bits per heavy atom. The van der Waals surface area contributed by atoms with Crippen molar-refractivity contribution in [2.24, 2.45) is 0 Å². The maximum atomic E-state index is 9.87. The van der Waals surface area contributed by atoms with Crippen molar-refractivity contribution < 1.29 is 19.6 Å². The second kappa shape index (κ2) is 2.75. The van der Waals surface area contributed by atoms with Gasteiger partial charge in [0.1, 0.15) is 4.92 Å². The van der Waals surface area contributed by atoms with E-state index in [9.17, 15) is 19.7 Å². The Morgan fingerprint density at radius 3 is 2.11 bits per heavy atom.